The van der Waals surface area contributed by atoms with Crippen molar-refractivity contribution < 1.29 is 9.31 Å². The van der Waals surface area contributed by atoms with E-state index in [2.05, 4.69) is 168 Å². The molecule has 2 nitrogen and oxygen atoms in total. The molecule has 290 valence electrons. The molecule has 7 aromatic carbocycles. The normalized spacial score (nSPS) is 14.9. The van der Waals surface area contributed by atoms with Gasteiger partial charge in [-0.05, 0) is 123 Å². The van der Waals surface area contributed by atoms with Gasteiger partial charge in [0.15, 0.2) is 0 Å². The zero-order valence-electron chi connectivity index (χ0n) is 34.9. The van der Waals surface area contributed by atoms with E-state index in [1.54, 1.807) is 0 Å². The van der Waals surface area contributed by atoms with Crippen LogP contribution in [0.15, 0.2) is 133 Å². The van der Waals surface area contributed by atoms with Crippen molar-refractivity contribution in [1.29, 1.82) is 0 Å². The molecule has 0 N–H and O–H groups in total. The molecule has 3 heteroatoms. The van der Waals surface area contributed by atoms with Crippen LogP contribution in [0.2, 0.25) is 0 Å². The summed E-state index contributed by atoms with van der Waals surface area (Å²) in [5, 5.41) is 7.66. The molecule has 8 rings (SSSR count). The van der Waals surface area contributed by atoms with Crippen LogP contribution in [0.1, 0.15) is 104 Å². The zero-order chi connectivity index (χ0) is 39.4. The summed E-state index contributed by atoms with van der Waals surface area (Å²) in [5.41, 5.74) is 9.20. The summed E-state index contributed by atoms with van der Waals surface area (Å²) in [6.07, 6.45) is 15.0. The summed E-state index contributed by atoms with van der Waals surface area (Å²) >= 11 is 0. The largest absolute Gasteiger partial charge is 0.494 e. The van der Waals surface area contributed by atoms with Gasteiger partial charge < -0.3 is 9.31 Å². The molecular formula is C54H59BO2. The highest BCUT2D eigenvalue weighted by atomic mass is 16.7. The van der Waals surface area contributed by atoms with Gasteiger partial charge in [0.05, 0.1) is 11.2 Å². The number of hydrogen-bond acceptors (Lipinski definition) is 2. The van der Waals surface area contributed by atoms with Gasteiger partial charge in [-0.1, -0.05) is 192 Å². The molecule has 0 amide bonds. The lowest BCUT2D eigenvalue weighted by Gasteiger charge is -2.32. The predicted octanol–water partition coefficient (Wildman–Crippen LogP) is 14.9. The topological polar surface area (TPSA) is 18.5 Å². The molecule has 0 aliphatic carbocycles. The van der Waals surface area contributed by atoms with Crippen LogP contribution in [0.25, 0.3) is 65.7 Å². The van der Waals surface area contributed by atoms with Crippen LogP contribution in [0.3, 0.4) is 0 Å². The van der Waals surface area contributed by atoms with E-state index in [0.717, 1.165) is 5.46 Å². The maximum absolute atomic E-state index is 6.37. The van der Waals surface area contributed by atoms with Crippen LogP contribution in [-0.4, -0.2) is 18.3 Å². The zero-order valence-corrected chi connectivity index (χ0v) is 34.9. The second-order valence-corrected chi connectivity index (χ2v) is 17.5. The second kappa shape index (κ2) is 17.0. The quantitative estimate of drug-likeness (QED) is 0.0590. The molecule has 1 fully saturated rings. The van der Waals surface area contributed by atoms with Crippen LogP contribution in [0, 0.1) is 0 Å². The molecule has 1 aliphatic heterocycles. The molecule has 7 aromatic rings. The van der Waals surface area contributed by atoms with Crippen molar-refractivity contribution >= 4 is 44.9 Å². The Morgan fingerprint density at radius 1 is 0.421 bits per heavy atom. The van der Waals surface area contributed by atoms with E-state index >= 15 is 0 Å². The van der Waals surface area contributed by atoms with Crippen LogP contribution in [0.4, 0.5) is 0 Å². The molecule has 1 saturated heterocycles. The van der Waals surface area contributed by atoms with Gasteiger partial charge >= 0.3 is 7.12 Å². The Morgan fingerprint density at radius 2 is 0.842 bits per heavy atom. The van der Waals surface area contributed by atoms with Crippen molar-refractivity contribution in [1.82, 2.24) is 0 Å². The van der Waals surface area contributed by atoms with Crippen molar-refractivity contribution in [3.63, 3.8) is 0 Å². The summed E-state index contributed by atoms with van der Waals surface area (Å²) in [7, 11) is -0.380. The number of rotatable bonds is 15. The van der Waals surface area contributed by atoms with E-state index in [1.807, 2.05) is 0 Å². The van der Waals surface area contributed by atoms with Crippen LogP contribution < -0.4 is 5.46 Å². The number of aryl methyl sites for hydroxylation is 1. The molecule has 57 heavy (non-hydrogen) atoms. The molecule has 0 aromatic heterocycles. The molecule has 0 saturated carbocycles. The Morgan fingerprint density at radius 3 is 1.37 bits per heavy atom. The first-order valence-electron chi connectivity index (χ1n) is 21.8. The van der Waals surface area contributed by atoms with Gasteiger partial charge in [0.25, 0.3) is 0 Å². The van der Waals surface area contributed by atoms with Crippen LogP contribution in [-0.2, 0) is 15.7 Å². The fourth-order valence-electron chi connectivity index (χ4n) is 8.81. The predicted molar refractivity (Wildman–Crippen MR) is 247 cm³/mol. The second-order valence-electron chi connectivity index (χ2n) is 17.5. The van der Waals surface area contributed by atoms with Crippen LogP contribution in [0.5, 0.6) is 0 Å². The van der Waals surface area contributed by atoms with Crippen molar-refractivity contribution in [2.75, 3.05) is 0 Å². The number of fused-ring (bicyclic) bond motifs is 3. The highest BCUT2D eigenvalue weighted by molar-refractivity contribution is 6.62. The van der Waals surface area contributed by atoms with Gasteiger partial charge in [-0.15, -0.1) is 0 Å². The minimum absolute atomic E-state index is 0.373. The Hall–Kier alpha value is -4.70. The van der Waals surface area contributed by atoms with E-state index in [-0.39, 0.29) is 18.3 Å². The van der Waals surface area contributed by atoms with E-state index in [0.29, 0.717) is 0 Å². The minimum Gasteiger partial charge on any atom is -0.399 e. The van der Waals surface area contributed by atoms with Gasteiger partial charge in [-0.2, -0.15) is 0 Å². The lowest BCUT2D eigenvalue weighted by atomic mass is 9.78. The van der Waals surface area contributed by atoms with E-state index < -0.39 is 0 Å². The van der Waals surface area contributed by atoms with Crippen molar-refractivity contribution in [2.45, 2.75) is 116 Å². The lowest BCUT2D eigenvalue weighted by Crippen LogP contribution is -2.41. The third kappa shape index (κ3) is 8.34. The molecule has 1 heterocycles. The molecule has 0 spiro atoms. The van der Waals surface area contributed by atoms with E-state index in [4.69, 9.17) is 9.31 Å². The summed E-state index contributed by atoms with van der Waals surface area (Å²) in [4.78, 5) is 0. The average Bonchev–Trinajstić information content (AvgIpc) is 3.46. The summed E-state index contributed by atoms with van der Waals surface area (Å²) in [6.45, 7) is 10.7. The summed E-state index contributed by atoms with van der Waals surface area (Å²) in [5.74, 6) is 0. The molecule has 0 bridgehead atoms. The highest BCUT2D eigenvalue weighted by Crippen LogP contribution is 2.44. The number of unbranched alkanes of at least 4 members (excludes halogenated alkanes) is 9. The van der Waals surface area contributed by atoms with Gasteiger partial charge in [0, 0.05) is 0 Å². The Labute approximate surface area is 341 Å². The Balaban J connectivity index is 1.01. The standard InChI is InChI=1S/C54H59BO2/c1-6-7-8-9-10-11-12-13-14-15-20-39-25-26-45-38-44(32-31-43(45)37-39)40-27-29-41(30-28-40)51-47-21-16-18-23-49(47)52(50-24-19-17-22-48(50)51)42-33-35-46(36-34-42)55-56-53(2,3)54(4,5)57-55/h16-19,21-38H,6-15,20H2,1-5H3. The lowest BCUT2D eigenvalue weighted by molar-refractivity contribution is 0.00578. The van der Waals surface area contributed by atoms with Crippen molar-refractivity contribution in [3.05, 3.63) is 139 Å². The first-order chi connectivity index (χ1) is 27.7. The molecule has 0 radical (unpaired) electrons. The summed E-state index contributed by atoms with van der Waals surface area (Å²) in [6, 6.07) is 49.8. The maximum Gasteiger partial charge on any atom is 0.494 e. The third-order valence-corrected chi connectivity index (χ3v) is 12.9. The number of hydrogen-bond donors (Lipinski definition) is 0. The molecule has 0 atom stereocenters. The van der Waals surface area contributed by atoms with Gasteiger partial charge in [-0.3, -0.25) is 0 Å². The minimum atomic E-state index is -0.380. The number of benzene rings is 7. The van der Waals surface area contributed by atoms with Crippen molar-refractivity contribution in [3.8, 4) is 33.4 Å². The average molecular weight is 751 g/mol. The first-order valence-corrected chi connectivity index (χ1v) is 21.8. The fraction of sp³-hybridized carbons (Fsp3) is 0.333. The SMILES string of the molecule is CCCCCCCCCCCCc1ccc2cc(-c3ccc(-c4c5ccccc5c(-c5ccc(B6OC(C)(C)C(C)(C)O6)cc5)c5ccccc45)cc3)ccc2c1. The Kier molecular flexibility index (Phi) is 11.7. The molecule has 0 unspecified atom stereocenters. The fourth-order valence-corrected chi connectivity index (χ4v) is 8.81. The van der Waals surface area contributed by atoms with Crippen molar-refractivity contribution in [2.24, 2.45) is 0 Å². The Bertz CT molecular complexity index is 2390. The third-order valence-electron chi connectivity index (χ3n) is 12.9. The van der Waals surface area contributed by atoms with Crippen LogP contribution >= 0.6 is 0 Å². The molecule has 1 aliphatic rings. The first kappa shape index (κ1) is 39.1. The monoisotopic (exact) mass is 750 g/mol. The highest BCUT2D eigenvalue weighted by Gasteiger charge is 2.51. The molecular weight excluding hydrogens is 691 g/mol. The maximum atomic E-state index is 6.37. The van der Waals surface area contributed by atoms with Gasteiger partial charge in [-0.25, -0.2) is 0 Å². The van der Waals surface area contributed by atoms with E-state index in [1.165, 1.54) is 142 Å². The van der Waals surface area contributed by atoms with E-state index in [9.17, 15) is 0 Å². The smallest absolute Gasteiger partial charge is 0.399 e. The van der Waals surface area contributed by atoms with Gasteiger partial charge in [0.1, 0.15) is 0 Å². The van der Waals surface area contributed by atoms with Gasteiger partial charge in [0.2, 0.25) is 0 Å². The summed E-state index contributed by atoms with van der Waals surface area (Å²) < 4.78 is 12.7.